The molecular weight excluding hydrogens is 328 g/mol. The van der Waals surface area contributed by atoms with E-state index in [9.17, 15) is 4.79 Å². The number of carbonyl (C=O) groups excluding carboxylic acids is 1. The van der Waals surface area contributed by atoms with Crippen LogP contribution in [0.3, 0.4) is 0 Å². The molecule has 0 aliphatic rings. The molecule has 0 bridgehead atoms. The van der Waals surface area contributed by atoms with Crippen LogP contribution in [0.4, 0.5) is 5.69 Å². The fourth-order valence-corrected chi connectivity index (χ4v) is 2.66. The molecule has 0 fully saturated rings. The number of aromatic nitrogens is 2. The second-order valence-corrected chi connectivity index (χ2v) is 5.79. The molecule has 1 N–H and O–H groups in total. The molecule has 0 unspecified atom stereocenters. The Morgan fingerprint density at radius 1 is 1.12 bits per heavy atom. The summed E-state index contributed by atoms with van der Waals surface area (Å²) in [5.74, 6) is -0.181. The van der Waals surface area contributed by atoms with Gasteiger partial charge in [-0.25, -0.2) is 4.68 Å². The van der Waals surface area contributed by atoms with Crippen LogP contribution < -0.4 is 5.32 Å². The Bertz CT molecular complexity index is 928. The lowest BCUT2D eigenvalue weighted by atomic mass is 10.1. The standard InChI is InChI=1S/C20H20N4O2/c1-14-19(15(2)24(23-14)18-7-5-4-6-8-18)22-20(25)17-11-9-16(10-12-17)13-21-26-3/h4-13H,1-3H3,(H,22,25)/b21-13+. The molecule has 132 valence electrons. The van der Waals surface area contributed by atoms with Crippen LogP contribution in [0.15, 0.2) is 59.8 Å². The number of anilines is 1. The maximum Gasteiger partial charge on any atom is 0.255 e. The Morgan fingerprint density at radius 3 is 2.46 bits per heavy atom. The molecule has 26 heavy (non-hydrogen) atoms. The van der Waals surface area contributed by atoms with Crippen molar-refractivity contribution in [3.63, 3.8) is 0 Å². The predicted molar refractivity (Wildman–Crippen MR) is 102 cm³/mol. The second-order valence-electron chi connectivity index (χ2n) is 5.79. The molecule has 6 nitrogen and oxygen atoms in total. The van der Waals surface area contributed by atoms with Crippen molar-refractivity contribution < 1.29 is 9.63 Å². The van der Waals surface area contributed by atoms with Crippen LogP contribution in [0.1, 0.15) is 27.3 Å². The van der Waals surface area contributed by atoms with E-state index in [1.54, 1.807) is 18.3 Å². The quantitative estimate of drug-likeness (QED) is 0.564. The summed E-state index contributed by atoms with van der Waals surface area (Å²) in [7, 11) is 1.48. The monoisotopic (exact) mass is 348 g/mol. The Labute approximate surface area is 152 Å². The number of para-hydroxylation sites is 1. The van der Waals surface area contributed by atoms with Crippen molar-refractivity contribution in [1.29, 1.82) is 0 Å². The minimum atomic E-state index is -0.181. The van der Waals surface area contributed by atoms with Gasteiger partial charge < -0.3 is 10.2 Å². The number of aryl methyl sites for hydroxylation is 1. The van der Waals surface area contributed by atoms with E-state index in [1.165, 1.54) is 7.11 Å². The van der Waals surface area contributed by atoms with E-state index < -0.39 is 0 Å². The first-order valence-electron chi connectivity index (χ1n) is 8.19. The van der Waals surface area contributed by atoms with E-state index in [0.717, 1.165) is 28.3 Å². The van der Waals surface area contributed by atoms with Gasteiger partial charge in [0.05, 0.1) is 29.0 Å². The van der Waals surface area contributed by atoms with Crippen LogP contribution in [0, 0.1) is 13.8 Å². The van der Waals surface area contributed by atoms with E-state index in [1.807, 2.05) is 61.0 Å². The Hall–Kier alpha value is -3.41. The molecule has 0 spiro atoms. The molecule has 1 amide bonds. The average Bonchev–Trinajstić information content (AvgIpc) is 2.95. The van der Waals surface area contributed by atoms with Gasteiger partial charge in [0.2, 0.25) is 0 Å². The van der Waals surface area contributed by atoms with Gasteiger partial charge in [0.1, 0.15) is 7.11 Å². The molecule has 2 aromatic carbocycles. The summed E-state index contributed by atoms with van der Waals surface area (Å²) in [6, 6.07) is 16.9. The highest BCUT2D eigenvalue weighted by atomic mass is 16.6. The minimum Gasteiger partial charge on any atom is -0.399 e. The number of benzene rings is 2. The smallest absolute Gasteiger partial charge is 0.255 e. The van der Waals surface area contributed by atoms with E-state index in [4.69, 9.17) is 0 Å². The van der Waals surface area contributed by atoms with Crippen LogP contribution in [-0.4, -0.2) is 29.0 Å². The van der Waals surface area contributed by atoms with Crippen molar-refractivity contribution in [2.24, 2.45) is 5.16 Å². The first-order valence-corrected chi connectivity index (χ1v) is 8.19. The number of nitrogens with zero attached hydrogens (tertiary/aromatic N) is 3. The zero-order chi connectivity index (χ0) is 18.5. The fourth-order valence-electron chi connectivity index (χ4n) is 2.66. The normalized spacial score (nSPS) is 10.9. The zero-order valence-corrected chi connectivity index (χ0v) is 14.9. The van der Waals surface area contributed by atoms with Gasteiger partial charge in [0, 0.05) is 5.56 Å². The largest absolute Gasteiger partial charge is 0.399 e. The summed E-state index contributed by atoms with van der Waals surface area (Å²) in [4.78, 5) is 17.2. The van der Waals surface area contributed by atoms with Crippen molar-refractivity contribution >= 4 is 17.8 Å². The summed E-state index contributed by atoms with van der Waals surface area (Å²) in [5, 5.41) is 11.2. The molecule has 0 aliphatic heterocycles. The van der Waals surface area contributed by atoms with Gasteiger partial charge in [-0.05, 0) is 43.7 Å². The first-order chi connectivity index (χ1) is 12.6. The van der Waals surface area contributed by atoms with Crippen molar-refractivity contribution in [1.82, 2.24) is 9.78 Å². The first kappa shape index (κ1) is 17.4. The highest BCUT2D eigenvalue weighted by Gasteiger charge is 2.16. The molecule has 0 radical (unpaired) electrons. The van der Waals surface area contributed by atoms with Crippen LogP contribution in [-0.2, 0) is 4.84 Å². The Balaban J connectivity index is 1.82. The highest BCUT2D eigenvalue weighted by Crippen LogP contribution is 2.23. The molecule has 6 heteroatoms. The van der Waals surface area contributed by atoms with Crippen LogP contribution in [0.5, 0.6) is 0 Å². The molecule has 0 atom stereocenters. The van der Waals surface area contributed by atoms with Gasteiger partial charge in [-0.2, -0.15) is 5.10 Å². The third-order valence-corrected chi connectivity index (χ3v) is 4.01. The third kappa shape index (κ3) is 3.64. The Morgan fingerprint density at radius 2 is 1.81 bits per heavy atom. The SMILES string of the molecule is CO/N=C/c1ccc(C(=O)Nc2c(C)nn(-c3ccccc3)c2C)cc1. The Kier molecular flexibility index (Phi) is 5.12. The number of amides is 1. The van der Waals surface area contributed by atoms with Gasteiger partial charge in [-0.15, -0.1) is 0 Å². The molecule has 0 saturated heterocycles. The number of hydrogen-bond donors (Lipinski definition) is 1. The number of nitrogens with one attached hydrogen (secondary N) is 1. The molecule has 1 aromatic heterocycles. The topological polar surface area (TPSA) is 68.5 Å². The van der Waals surface area contributed by atoms with E-state index in [-0.39, 0.29) is 5.91 Å². The average molecular weight is 348 g/mol. The second kappa shape index (κ2) is 7.65. The molecule has 0 saturated carbocycles. The lowest BCUT2D eigenvalue weighted by molar-refractivity contribution is 0.102. The van der Waals surface area contributed by atoms with Gasteiger partial charge in [0.15, 0.2) is 0 Å². The number of carbonyl (C=O) groups is 1. The molecule has 0 aliphatic carbocycles. The number of oxime groups is 1. The summed E-state index contributed by atoms with van der Waals surface area (Å²) >= 11 is 0. The van der Waals surface area contributed by atoms with Gasteiger partial charge in [-0.1, -0.05) is 35.5 Å². The number of rotatable bonds is 5. The minimum absolute atomic E-state index is 0.181. The molecule has 3 aromatic rings. The van der Waals surface area contributed by atoms with E-state index >= 15 is 0 Å². The van der Waals surface area contributed by atoms with Crippen LogP contribution in [0.25, 0.3) is 5.69 Å². The summed E-state index contributed by atoms with van der Waals surface area (Å²) in [6.07, 6.45) is 1.58. The number of hydrogen-bond acceptors (Lipinski definition) is 4. The van der Waals surface area contributed by atoms with E-state index in [0.29, 0.717) is 5.56 Å². The molecular formula is C20H20N4O2. The van der Waals surface area contributed by atoms with Crippen molar-refractivity contribution in [3.05, 3.63) is 77.1 Å². The highest BCUT2D eigenvalue weighted by molar-refractivity contribution is 6.05. The van der Waals surface area contributed by atoms with Gasteiger partial charge in [0.25, 0.3) is 5.91 Å². The third-order valence-electron chi connectivity index (χ3n) is 4.01. The lowest BCUT2D eigenvalue weighted by Gasteiger charge is -2.07. The summed E-state index contributed by atoms with van der Waals surface area (Å²) in [6.45, 7) is 3.82. The lowest BCUT2D eigenvalue weighted by Crippen LogP contribution is -2.13. The molecule has 1 heterocycles. The van der Waals surface area contributed by atoms with Crippen molar-refractivity contribution in [2.45, 2.75) is 13.8 Å². The summed E-state index contributed by atoms with van der Waals surface area (Å²) in [5.41, 5.74) is 4.74. The summed E-state index contributed by atoms with van der Waals surface area (Å²) < 4.78 is 1.83. The van der Waals surface area contributed by atoms with Crippen molar-refractivity contribution in [2.75, 3.05) is 12.4 Å². The van der Waals surface area contributed by atoms with Gasteiger partial charge in [-0.3, -0.25) is 4.79 Å². The maximum absolute atomic E-state index is 12.6. The maximum atomic E-state index is 12.6. The zero-order valence-electron chi connectivity index (χ0n) is 14.9. The van der Waals surface area contributed by atoms with Gasteiger partial charge >= 0.3 is 0 Å². The van der Waals surface area contributed by atoms with Crippen LogP contribution >= 0.6 is 0 Å². The predicted octanol–water partition coefficient (Wildman–Crippen LogP) is 3.72. The van der Waals surface area contributed by atoms with Crippen molar-refractivity contribution in [3.8, 4) is 5.69 Å². The molecule has 3 rings (SSSR count). The van der Waals surface area contributed by atoms with E-state index in [2.05, 4.69) is 20.4 Å². The van der Waals surface area contributed by atoms with Crippen LogP contribution in [0.2, 0.25) is 0 Å². The fraction of sp³-hybridized carbons (Fsp3) is 0.150.